The molecule has 0 spiro atoms. The quantitative estimate of drug-likeness (QED) is 0.709. The highest BCUT2D eigenvalue weighted by atomic mass is 32.2. The molecule has 0 radical (unpaired) electrons. The van der Waals surface area contributed by atoms with Gasteiger partial charge in [0.05, 0.1) is 28.7 Å². The molecule has 138 valence electrons. The standard InChI is InChI=1S/C17H14N4O5S/c1-9-14-10(15(23)18-4-5-21-13(22)8-27-17(21)24)7-11(12-3-2-6-25-12)19-16(14)26-20-9/h2-3,6-7H,4-5,8H2,1H3,(H,18,23). The molecule has 3 aromatic heterocycles. The monoisotopic (exact) mass is 386 g/mol. The van der Waals surface area contributed by atoms with Gasteiger partial charge < -0.3 is 14.3 Å². The van der Waals surface area contributed by atoms with E-state index in [1.165, 1.54) is 6.26 Å². The summed E-state index contributed by atoms with van der Waals surface area (Å²) in [5.41, 5.74) is 1.54. The molecule has 4 rings (SSSR count). The van der Waals surface area contributed by atoms with Crippen LogP contribution in [0.1, 0.15) is 16.1 Å². The van der Waals surface area contributed by atoms with Crippen molar-refractivity contribution < 1.29 is 23.3 Å². The first-order valence-electron chi connectivity index (χ1n) is 8.11. The van der Waals surface area contributed by atoms with Crippen LogP contribution in [-0.4, -0.2) is 50.9 Å². The molecule has 3 amide bonds. The first kappa shape index (κ1) is 17.3. The second-order valence-electron chi connectivity index (χ2n) is 5.84. The lowest BCUT2D eigenvalue weighted by molar-refractivity contribution is -0.124. The van der Waals surface area contributed by atoms with Crippen LogP contribution in [0.2, 0.25) is 0 Å². The minimum atomic E-state index is -0.381. The number of furan rings is 1. The SMILES string of the molecule is Cc1noc2nc(-c3ccco3)cc(C(=O)NCCN3C(=O)CSC3=O)c12. The van der Waals surface area contributed by atoms with Crippen molar-refractivity contribution in [3.63, 3.8) is 0 Å². The van der Waals surface area contributed by atoms with Crippen LogP contribution in [0.15, 0.2) is 33.4 Å². The summed E-state index contributed by atoms with van der Waals surface area (Å²) in [5.74, 6) is 0.00326. The molecule has 0 atom stereocenters. The van der Waals surface area contributed by atoms with Gasteiger partial charge in [0.1, 0.15) is 5.69 Å². The maximum atomic E-state index is 12.7. The predicted molar refractivity (Wildman–Crippen MR) is 96.1 cm³/mol. The number of nitrogens with zero attached hydrogens (tertiary/aromatic N) is 3. The van der Waals surface area contributed by atoms with E-state index in [1.54, 1.807) is 25.1 Å². The van der Waals surface area contributed by atoms with Gasteiger partial charge in [0.15, 0.2) is 5.76 Å². The average Bonchev–Trinajstić information content (AvgIpc) is 3.38. The zero-order valence-corrected chi connectivity index (χ0v) is 15.0. The van der Waals surface area contributed by atoms with Crippen molar-refractivity contribution >= 4 is 39.9 Å². The number of fused-ring (bicyclic) bond motifs is 1. The Morgan fingerprint density at radius 2 is 2.26 bits per heavy atom. The molecule has 0 unspecified atom stereocenters. The number of hydrogen-bond donors (Lipinski definition) is 1. The molecule has 0 bridgehead atoms. The van der Waals surface area contributed by atoms with Crippen LogP contribution in [0.3, 0.4) is 0 Å². The Labute approximate surface area is 157 Å². The highest BCUT2D eigenvalue weighted by Crippen LogP contribution is 2.27. The second-order valence-corrected chi connectivity index (χ2v) is 6.76. The molecular weight excluding hydrogens is 372 g/mol. The number of carbonyl (C=O) groups excluding carboxylic acids is 3. The lowest BCUT2D eigenvalue weighted by atomic mass is 10.1. The Morgan fingerprint density at radius 3 is 2.96 bits per heavy atom. The molecule has 9 nitrogen and oxygen atoms in total. The summed E-state index contributed by atoms with van der Waals surface area (Å²) < 4.78 is 10.6. The highest BCUT2D eigenvalue weighted by molar-refractivity contribution is 8.14. The molecule has 1 N–H and O–H groups in total. The maximum Gasteiger partial charge on any atom is 0.288 e. The van der Waals surface area contributed by atoms with Crippen molar-refractivity contribution in [2.24, 2.45) is 0 Å². The van der Waals surface area contributed by atoms with Gasteiger partial charge in [-0.2, -0.15) is 0 Å². The minimum Gasteiger partial charge on any atom is -0.463 e. The Hall–Kier alpha value is -3.14. The van der Waals surface area contributed by atoms with Gasteiger partial charge in [-0.3, -0.25) is 19.3 Å². The lowest BCUT2D eigenvalue weighted by Gasteiger charge is -2.13. The predicted octanol–water partition coefficient (Wildman–Crippen LogP) is 2.22. The number of hydrogen-bond acceptors (Lipinski definition) is 8. The Balaban J connectivity index is 1.58. The highest BCUT2D eigenvalue weighted by Gasteiger charge is 2.29. The van der Waals surface area contributed by atoms with E-state index in [0.717, 1.165) is 16.7 Å². The van der Waals surface area contributed by atoms with Crippen LogP contribution in [0.25, 0.3) is 22.6 Å². The number of carbonyl (C=O) groups is 3. The summed E-state index contributed by atoms with van der Waals surface area (Å²) in [6.07, 6.45) is 1.51. The maximum absolute atomic E-state index is 12.7. The fourth-order valence-corrected chi connectivity index (χ4v) is 3.55. The average molecular weight is 386 g/mol. The number of aromatic nitrogens is 2. The Bertz CT molecular complexity index is 1030. The summed E-state index contributed by atoms with van der Waals surface area (Å²) >= 11 is 0.960. The van der Waals surface area contributed by atoms with Gasteiger partial charge in [-0.15, -0.1) is 0 Å². The number of pyridine rings is 1. The summed E-state index contributed by atoms with van der Waals surface area (Å²) in [5, 5.41) is 6.81. The van der Waals surface area contributed by atoms with Gasteiger partial charge in [-0.05, 0) is 25.1 Å². The molecule has 4 heterocycles. The summed E-state index contributed by atoms with van der Waals surface area (Å²) in [4.78, 5) is 41.4. The third-order valence-corrected chi connectivity index (χ3v) is 4.96. The van der Waals surface area contributed by atoms with E-state index in [2.05, 4.69) is 15.5 Å². The molecule has 1 aliphatic rings. The van der Waals surface area contributed by atoms with Crippen molar-refractivity contribution in [1.29, 1.82) is 0 Å². The third kappa shape index (κ3) is 3.19. The fourth-order valence-electron chi connectivity index (χ4n) is 2.80. The van der Waals surface area contributed by atoms with E-state index in [0.29, 0.717) is 28.1 Å². The number of imide groups is 1. The molecule has 1 fully saturated rings. The van der Waals surface area contributed by atoms with Crippen LogP contribution in [0.5, 0.6) is 0 Å². The number of amides is 3. The number of aryl methyl sites for hydroxylation is 1. The van der Waals surface area contributed by atoms with Gasteiger partial charge in [-0.1, -0.05) is 16.9 Å². The van der Waals surface area contributed by atoms with E-state index in [4.69, 9.17) is 8.94 Å². The van der Waals surface area contributed by atoms with E-state index < -0.39 is 0 Å². The van der Waals surface area contributed by atoms with E-state index in [1.807, 2.05) is 0 Å². The summed E-state index contributed by atoms with van der Waals surface area (Å²) in [6, 6.07) is 5.04. The van der Waals surface area contributed by atoms with Crippen molar-refractivity contribution in [1.82, 2.24) is 20.4 Å². The lowest BCUT2D eigenvalue weighted by Crippen LogP contribution is -2.37. The zero-order chi connectivity index (χ0) is 19.0. The summed E-state index contributed by atoms with van der Waals surface area (Å²) in [6.45, 7) is 1.98. The topological polar surface area (TPSA) is 119 Å². The van der Waals surface area contributed by atoms with Gasteiger partial charge in [0, 0.05) is 13.1 Å². The number of rotatable bonds is 5. The zero-order valence-electron chi connectivity index (χ0n) is 14.2. The van der Waals surface area contributed by atoms with Gasteiger partial charge in [-0.25, -0.2) is 4.98 Å². The Morgan fingerprint density at radius 1 is 1.41 bits per heavy atom. The number of nitrogens with one attached hydrogen (secondary N) is 1. The van der Waals surface area contributed by atoms with E-state index >= 15 is 0 Å². The number of thioether (sulfide) groups is 1. The molecule has 0 aliphatic carbocycles. The van der Waals surface area contributed by atoms with Crippen LogP contribution in [0.4, 0.5) is 4.79 Å². The van der Waals surface area contributed by atoms with Crippen LogP contribution in [0, 0.1) is 6.92 Å². The first-order chi connectivity index (χ1) is 13.0. The van der Waals surface area contributed by atoms with E-state index in [-0.39, 0.29) is 41.6 Å². The largest absolute Gasteiger partial charge is 0.463 e. The summed E-state index contributed by atoms with van der Waals surface area (Å²) in [7, 11) is 0. The smallest absolute Gasteiger partial charge is 0.288 e. The van der Waals surface area contributed by atoms with Crippen molar-refractivity contribution in [3.05, 3.63) is 35.7 Å². The van der Waals surface area contributed by atoms with Crippen molar-refractivity contribution in [2.75, 3.05) is 18.8 Å². The van der Waals surface area contributed by atoms with Crippen LogP contribution in [-0.2, 0) is 4.79 Å². The molecular formula is C17H14N4O5S. The van der Waals surface area contributed by atoms with Crippen LogP contribution >= 0.6 is 11.8 Å². The molecule has 27 heavy (non-hydrogen) atoms. The molecule has 0 saturated carbocycles. The minimum absolute atomic E-state index is 0.123. The van der Waals surface area contributed by atoms with Crippen molar-refractivity contribution in [3.8, 4) is 11.5 Å². The van der Waals surface area contributed by atoms with E-state index in [9.17, 15) is 14.4 Å². The van der Waals surface area contributed by atoms with Gasteiger partial charge in [0.25, 0.3) is 16.9 Å². The van der Waals surface area contributed by atoms with Gasteiger partial charge in [0.2, 0.25) is 5.91 Å². The first-order valence-corrected chi connectivity index (χ1v) is 9.09. The second kappa shape index (κ2) is 6.88. The molecule has 1 aliphatic heterocycles. The third-order valence-electron chi connectivity index (χ3n) is 4.10. The normalized spacial score (nSPS) is 14.3. The van der Waals surface area contributed by atoms with Gasteiger partial charge >= 0.3 is 0 Å². The molecule has 10 heteroatoms. The van der Waals surface area contributed by atoms with Crippen molar-refractivity contribution in [2.45, 2.75) is 6.92 Å². The molecule has 0 aromatic carbocycles. The fraction of sp³-hybridized carbons (Fsp3) is 0.235. The van der Waals surface area contributed by atoms with Crippen LogP contribution < -0.4 is 5.32 Å². The molecule has 3 aromatic rings. The molecule has 1 saturated heterocycles. The Kier molecular flexibility index (Phi) is 4.40.